The Kier molecular flexibility index (Phi) is 5.89. The average molecular weight is 412 g/mol. The Morgan fingerprint density at radius 3 is 2.62 bits per heavy atom. The highest BCUT2D eigenvalue weighted by Gasteiger charge is 2.22. The number of nitrogens with one attached hydrogen (secondary N) is 1. The molecular weight excluding hydrogens is 386 g/mol. The van der Waals surface area contributed by atoms with Crippen molar-refractivity contribution in [2.75, 3.05) is 29.1 Å². The number of aryl methyl sites for hydroxylation is 2. The predicted octanol–water partition coefficient (Wildman–Crippen LogP) is 3.87. The molecule has 2 aromatic heterocycles. The minimum Gasteiger partial charge on any atom is -0.467 e. The molecule has 1 amide bonds. The Morgan fingerprint density at radius 1 is 1.17 bits per heavy atom. The van der Waals surface area contributed by atoms with E-state index in [-0.39, 0.29) is 11.7 Å². The second kappa shape index (κ2) is 8.73. The van der Waals surface area contributed by atoms with Gasteiger partial charge in [-0.1, -0.05) is 17.8 Å². The van der Waals surface area contributed by atoms with E-state index < -0.39 is 0 Å². The number of nitrogens with zero attached hydrogens (tertiary/aromatic N) is 4. The number of hydrogen-bond donors (Lipinski definition) is 1. The molecule has 152 valence electrons. The number of amides is 1. The lowest BCUT2D eigenvalue weighted by Gasteiger charge is -2.17. The maximum absolute atomic E-state index is 12.5. The Labute approximate surface area is 174 Å². The van der Waals surface area contributed by atoms with Gasteiger partial charge in [0.2, 0.25) is 11.9 Å². The van der Waals surface area contributed by atoms with Crippen LogP contribution in [0.2, 0.25) is 0 Å². The molecule has 0 atom stereocenters. The third-order valence-electron chi connectivity index (χ3n) is 4.82. The van der Waals surface area contributed by atoms with Crippen LogP contribution < -0.4 is 10.2 Å². The Hall–Kier alpha value is -2.74. The molecule has 1 aliphatic heterocycles. The summed E-state index contributed by atoms with van der Waals surface area (Å²) < 4.78 is 7.56. The topological polar surface area (TPSA) is 76.2 Å². The zero-order valence-electron chi connectivity index (χ0n) is 16.7. The fourth-order valence-corrected chi connectivity index (χ4v) is 4.34. The number of furan rings is 1. The Bertz CT molecular complexity index is 957. The molecule has 1 fully saturated rings. The standard InChI is InChI=1S/C21H25N5O2S/c1-15-10-16(2)12-17(11-15)22-19(27)14-29-21-24-23-20(25-7-3-4-8-25)26(21)13-18-6-5-9-28-18/h5-6,9-12H,3-4,7-8,13-14H2,1-2H3,(H,22,27). The van der Waals surface area contributed by atoms with Crippen LogP contribution >= 0.6 is 11.8 Å². The highest BCUT2D eigenvalue weighted by Crippen LogP contribution is 2.26. The molecule has 0 radical (unpaired) electrons. The van der Waals surface area contributed by atoms with Gasteiger partial charge in [-0.3, -0.25) is 9.36 Å². The quantitative estimate of drug-likeness (QED) is 0.595. The van der Waals surface area contributed by atoms with Crippen molar-refractivity contribution in [3.05, 3.63) is 53.5 Å². The molecule has 0 spiro atoms. The first-order valence-electron chi connectivity index (χ1n) is 9.80. The normalized spacial score (nSPS) is 13.8. The Balaban J connectivity index is 1.46. The summed E-state index contributed by atoms with van der Waals surface area (Å²) in [5, 5.41) is 12.5. The molecular formula is C21H25N5O2S. The molecule has 0 saturated carbocycles. The van der Waals surface area contributed by atoms with Crippen LogP contribution in [0.25, 0.3) is 0 Å². The van der Waals surface area contributed by atoms with Crippen LogP contribution in [0.4, 0.5) is 11.6 Å². The molecule has 4 rings (SSSR count). The summed E-state index contributed by atoms with van der Waals surface area (Å²) in [6, 6.07) is 9.84. The fourth-order valence-electron chi connectivity index (χ4n) is 3.61. The number of aromatic nitrogens is 3. The van der Waals surface area contributed by atoms with Gasteiger partial charge in [0.1, 0.15) is 5.76 Å². The molecule has 1 aromatic carbocycles. The van der Waals surface area contributed by atoms with E-state index in [0.717, 1.165) is 59.6 Å². The molecule has 29 heavy (non-hydrogen) atoms. The SMILES string of the molecule is Cc1cc(C)cc(NC(=O)CSc2nnc(N3CCCC3)n2Cc2ccco2)c1. The van der Waals surface area contributed by atoms with E-state index in [1.165, 1.54) is 11.8 Å². The number of carbonyl (C=O) groups excluding carboxylic acids is 1. The van der Waals surface area contributed by atoms with Crippen LogP contribution in [-0.2, 0) is 11.3 Å². The van der Waals surface area contributed by atoms with Gasteiger partial charge in [0.15, 0.2) is 5.16 Å². The van der Waals surface area contributed by atoms with E-state index in [9.17, 15) is 4.79 Å². The van der Waals surface area contributed by atoms with E-state index in [4.69, 9.17) is 4.42 Å². The van der Waals surface area contributed by atoms with E-state index in [1.807, 2.05) is 42.7 Å². The first-order valence-corrected chi connectivity index (χ1v) is 10.8. The molecule has 7 nitrogen and oxygen atoms in total. The Morgan fingerprint density at radius 2 is 1.93 bits per heavy atom. The minimum atomic E-state index is -0.0599. The third-order valence-corrected chi connectivity index (χ3v) is 5.78. The molecule has 1 aliphatic rings. The van der Waals surface area contributed by atoms with Crippen molar-refractivity contribution >= 4 is 29.3 Å². The number of hydrogen-bond acceptors (Lipinski definition) is 6. The van der Waals surface area contributed by atoms with Crippen molar-refractivity contribution in [3.63, 3.8) is 0 Å². The smallest absolute Gasteiger partial charge is 0.234 e. The van der Waals surface area contributed by atoms with E-state index in [2.05, 4.69) is 26.5 Å². The molecule has 1 N–H and O–H groups in total. The van der Waals surface area contributed by atoms with Gasteiger partial charge in [0, 0.05) is 18.8 Å². The van der Waals surface area contributed by atoms with E-state index in [0.29, 0.717) is 6.54 Å². The molecule has 0 unspecified atom stereocenters. The number of thioether (sulfide) groups is 1. The minimum absolute atomic E-state index is 0.0599. The van der Waals surface area contributed by atoms with Gasteiger partial charge in [-0.15, -0.1) is 10.2 Å². The first-order chi connectivity index (χ1) is 14.1. The molecule has 3 aromatic rings. The van der Waals surface area contributed by atoms with Crippen LogP contribution in [0.15, 0.2) is 46.2 Å². The summed E-state index contributed by atoms with van der Waals surface area (Å²) in [4.78, 5) is 14.7. The van der Waals surface area contributed by atoms with Gasteiger partial charge in [0.05, 0.1) is 18.6 Å². The zero-order valence-corrected chi connectivity index (χ0v) is 17.5. The van der Waals surface area contributed by atoms with Crippen LogP contribution in [0.5, 0.6) is 0 Å². The van der Waals surface area contributed by atoms with Gasteiger partial charge in [0.25, 0.3) is 0 Å². The van der Waals surface area contributed by atoms with Crippen molar-refractivity contribution in [1.29, 1.82) is 0 Å². The summed E-state index contributed by atoms with van der Waals surface area (Å²) in [7, 11) is 0. The summed E-state index contributed by atoms with van der Waals surface area (Å²) in [5.74, 6) is 1.89. The van der Waals surface area contributed by atoms with Crippen molar-refractivity contribution < 1.29 is 9.21 Å². The second-order valence-corrected chi connectivity index (χ2v) is 8.30. The fraction of sp³-hybridized carbons (Fsp3) is 0.381. The highest BCUT2D eigenvalue weighted by atomic mass is 32.2. The number of carbonyl (C=O) groups is 1. The maximum Gasteiger partial charge on any atom is 0.234 e. The van der Waals surface area contributed by atoms with Crippen molar-refractivity contribution in [3.8, 4) is 0 Å². The van der Waals surface area contributed by atoms with Gasteiger partial charge < -0.3 is 14.6 Å². The molecule has 8 heteroatoms. The summed E-state index contributed by atoms with van der Waals surface area (Å²) in [6.07, 6.45) is 3.99. The second-order valence-electron chi connectivity index (χ2n) is 7.36. The number of benzene rings is 1. The van der Waals surface area contributed by atoms with Gasteiger partial charge in [-0.25, -0.2) is 0 Å². The average Bonchev–Trinajstić information content (AvgIpc) is 3.42. The molecule has 0 aliphatic carbocycles. The number of anilines is 2. The summed E-state index contributed by atoms with van der Waals surface area (Å²) in [5.41, 5.74) is 3.07. The van der Waals surface area contributed by atoms with Crippen LogP contribution in [0.3, 0.4) is 0 Å². The highest BCUT2D eigenvalue weighted by molar-refractivity contribution is 7.99. The van der Waals surface area contributed by atoms with Crippen LogP contribution in [0, 0.1) is 13.8 Å². The maximum atomic E-state index is 12.5. The summed E-state index contributed by atoms with van der Waals surface area (Å²) >= 11 is 1.39. The largest absolute Gasteiger partial charge is 0.467 e. The zero-order chi connectivity index (χ0) is 20.2. The lowest BCUT2D eigenvalue weighted by atomic mass is 10.1. The van der Waals surface area contributed by atoms with E-state index >= 15 is 0 Å². The molecule has 1 saturated heterocycles. The van der Waals surface area contributed by atoms with Gasteiger partial charge >= 0.3 is 0 Å². The predicted molar refractivity (Wildman–Crippen MR) is 115 cm³/mol. The number of rotatable bonds is 7. The van der Waals surface area contributed by atoms with Crippen molar-refractivity contribution in [1.82, 2.24) is 14.8 Å². The van der Waals surface area contributed by atoms with Crippen LogP contribution in [-0.4, -0.2) is 39.5 Å². The van der Waals surface area contributed by atoms with Gasteiger partial charge in [-0.2, -0.15) is 0 Å². The third kappa shape index (κ3) is 4.82. The van der Waals surface area contributed by atoms with Crippen molar-refractivity contribution in [2.45, 2.75) is 38.4 Å². The molecule has 3 heterocycles. The lowest BCUT2D eigenvalue weighted by molar-refractivity contribution is -0.113. The van der Waals surface area contributed by atoms with Gasteiger partial charge in [-0.05, 0) is 62.1 Å². The van der Waals surface area contributed by atoms with Crippen LogP contribution in [0.1, 0.15) is 29.7 Å². The van der Waals surface area contributed by atoms with E-state index in [1.54, 1.807) is 6.26 Å². The van der Waals surface area contributed by atoms with Crippen molar-refractivity contribution in [2.24, 2.45) is 0 Å². The monoisotopic (exact) mass is 411 g/mol. The lowest BCUT2D eigenvalue weighted by Crippen LogP contribution is -2.22. The first kappa shape index (κ1) is 19.6. The summed E-state index contributed by atoms with van der Waals surface area (Å²) in [6.45, 7) is 6.55. The molecule has 0 bridgehead atoms.